The van der Waals surface area contributed by atoms with Crippen LogP contribution in [0.5, 0.6) is 0 Å². The lowest BCUT2D eigenvalue weighted by Gasteiger charge is -2.09. The Kier molecular flexibility index (Phi) is 3.52. The van der Waals surface area contributed by atoms with E-state index in [2.05, 4.69) is 15.5 Å². The summed E-state index contributed by atoms with van der Waals surface area (Å²) in [6, 6.07) is 0. The number of carbonyl (C=O) groups excluding carboxylic acids is 1. The Morgan fingerprint density at radius 1 is 1.71 bits per heavy atom. The predicted octanol–water partition coefficient (Wildman–Crippen LogP) is -0.235. The maximum absolute atomic E-state index is 11.8. The first-order valence-electron chi connectivity index (χ1n) is 3.84. The molecule has 3 N–H and O–H groups in total. The third-order valence-electron chi connectivity index (χ3n) is 1.52. The van der Waals surface area contributed by atoms with E-state index >= 15 is 0 Å². The first kappa shape index (κ1) is 10.6. The predicted molar refractivity (Wildman–Crippen MR) is 42.9 cm³/mol. The minimum absolute atomic E-state index is 0.228. The smallest absolute Gasteiger partial charge is 0.265 e. The largest absolute Gasteiger partial charge is 0.385 e. The van der Waals surface area contributed by atoms with Gasteiger partial charge in [-0.3, -0.25) is 9.89 Å². The van der Waals surface area contributed by atoms with Crippen molar-refractivity contribution in [3.05, 3.63) is 18.0 Å². The summed E-state index contributed by atoms with van der Waals surface area (Å²) in [4.78, 5) is 11.1. The average molecular weight is 205 g/mol. The molecule has 1 atom stereocenters. The summed E-state index contributed by atoms with van der Waals surface area (Å²) in [6.45, 7) is -0.484. The van der Waals surface area contributed by atoms with Crippen LogP contribution in [-0.4, -0.2) is 40.3 Å². The Hall–Kier alpha value is -1.50. The highest BCUT2D eigenvalue weighted by atomic mass is 19.3. The van der Waals surface area contributed by atoms with Crippen LogP contribution in [0.1, 0.15) is 10.4 Å². The van der Waals surface area contributed by atoms with Gasteiger partial charge in [-0.25, -0.2) is 8.78 Å². The number of H-pyrrole nitrogens is 1. The van der Waals surface area contributed by atoms with Crippen LogP contribution in [0.25, 0.3) is 0 Å². The molecule has 0 aliphatic rings. The summed E-state index contributed by atoms with van der Waals surface area (Å²) < 4.78 is 23.6. The zero-order valence-electron chi connectivity index (χ0n) is 7.08. The lowest BCUT2D eigenvalue weighted by molar-refractivity contribution is -0.00270. The quantitative estimate of drug-likeness (QED) is 0.635. The molecule has 1 aromatic heterocycles. The first-order chi connectivity index (χ1) is 6.61. The number of hydrogen-bond donors (Lipinski definition) is 3. The molecule has 1 rings (SSSR count). The molecule has 0 bridgehead atoms. The van der Waals surface area contributed by atoms with E-state index in [9.17, 15) is 13.6 Å². The van der Waals surface area contributed by atoms with Crippen molar-refractivity contribution in [2.45, 2.75) is 12.5 Å². The second kappa shape index (κ2) is 4.66. The molecule has 5 nitrogen and oxygen atoms in total. The summed E-state index contributed by atoms with van der Waals surface area (Å²) in [5.74, 6) is -0.557. The molecule has 7 heteroatoms. The Labute approximate surface area is 78.1 Å². The molecule has 0 spiro atoms. The van der Waals surface area contributed by atoms with Crippen molar-refractivity contribution in [3.63, 3.8) is 0 Å². The molecule has 0 saturated carbocycles. The lowest BCUT2D eigenvalue weighted by atomic mass is 10.3. The summed E-state index contributed by atoms with van der Waals surface area (Å²) in [6.07, 6.45) is -2.13. The monoisotopic (exact) mass is 205 g/mol. The molecular formula is C7H9F2N3O2. The highest BCUT2D eigenvalue weighted by Gasteiger charge is 2.17. The summed E-state index contributed by atoms with van der Waals surface area (Å²) in [5.41, 5.74) is 0.228. The number of aliphatic hydroxyl groups excluding tert-OH is 1. The van der Waals surface area contributed by atoms with Gasteiger partial charge >= 0.3 is 0 Å². The Morgan fingerprint density at radius 3 is 2.93 bits per heavy atom. The highest BCUT2D eigenvalue weighted by Crippen LogP contribution is 1.99. The maximum Gasteiger partial charge on any atom is 0.265 e. The zero-order valence-corrected chi connectivity index (χ0v) is 7.08. The van der Waals surface area contributed by atoms with Gasteiger partial charge in [0, 0.05) is 12.7 Å². The lowest BCUT2D eigenvalue weighted by Crippen LogP contribution is -2.35. The van der Waals surface area contributed by atoms with Gasteiger partial charge in [-0.2, -0.15) is 5.10 Å². The van der Waals surface area contributed by atoms with Crippen LogP contribution < -0.4 is 5.32 Å². The number of aliphatic hydroxyl groups is 1. The molecule has 0 radical (unpaired) electrons. The number of rotatable bonds is 4. The van der Waals surface area contributed by atoms with E-state index in [1.807, 2.05) is 0 Å². The summed E-state index contributed by atoms with van der Waals surface area (Å²) in [7, 11) is 0. The number of halogens is 2. The van der Waals surface area contributed by atoms with Gasteiger partial charge in [0.1, 0.15) is 6.10 Å². The second-order valence-electron chi connectivity index (χ2n) is 2.60. The molecule has 14 heavy (non-hydrogen) atoms. The molecular weight excluding hydrogens is 196 g/mol. The molecule has 1 amide bonds. The van der Waals surface area contributed by atoms with Gasteiger partial charge in [-0.05, 0) is 0 Å². The molecule has 0 aliphatic heterocycles. The molecule has 1 aromatic rings. The van der Waals surface area contributed by atoms with Crippen LogP contribution in [0.4, 0.5) is 8.78 Å². The minimum Gasteiger partial charge on any atom is -0.385 e. The van der Waals surface area contributed by atoms with Crippen molar-refractivity contribution in [3.8, 4) is 0 Å². The number of amides is 1. The van der Waals surface area contributed by atoms with Crippen molar-refractivity contribution >= 4 is 5.91 Å². The van der Waals surface area contributed by atoms with Crippen LogP contribution in [0, 0.1) is 0 Å². The van der Waals surface area contributed by atoms with E-state index in [1.165, 1.54) is 12.4 Å². The van der Waals surface area contributed by atoms with Crippen molar-refractivity contribution in [1.82, 2.24) is 15.5 Å². The first-order valence-corrected chi connectivity index (χ1v) is 3.84. The second-order valence-corrected chi connectivity index (χ2v) is 2.60. The van der Waals surface area contributed by atoms with Crippen molar-refractivity contribution in [1.29, 1.82) is 0 Å². The minimum atomic E-state index is -2.86. The van der Waals surface area contributed by atoms with E-state index in [1.54, 1.807) is 0 Å². The third kappa shape index (κ3) is 2.77. The maximum atomic E-state index is 11.8. The molecule has 1 heterocycles. The zero-order chi connectivity index (χ0) is 10.6. The summed E-state index contributed by atoms with van der Waals surface area (Å²) in [5, 5.41) is 16.7. The van der Waals surface area contributed by atoms with E-state index < -0.39 is 25.0 Å². The number of nitrogens with one attached hydrogen (secondary N) is 2. The Morgan fingerprint density at radius 2 is 2.43 bits per heavy atom. The fourth-order valence-corrected chi connectivity index (χ4v) is 0.763. The number of nitrogens with zero attached hydrogens (tertiary/aromatic N) is 1. The number of carbonyl (C=O) groups is 1. The number of alkyl halides is 2. The number of aromatic amines is 1. The van der Waals surface area contributed by atoms with Crippen LogP contribution >= 0.6 is 0 Å². The number of aromatic nitrogens is 2. The van der Waals surface area contributed by atoms with Gasteiger partial charge in [0.15, 0.2) is 0 Å². The fraction of sp³-hybridized carbons (Fsp3) is 0.429. The van der Waals surface area contributed by atoms with Crippen LogP contribution in [0.15, 0.2) is 12.4 Å². The van der Waals surface area contributed by atoms with E-state index in [0.29, 0.717) is 0 Å². The average Bonchev–Trinajstić information content (AvgIpc) is 2.66. The Bertz CT molecular complexity index is 289. The van der Waals surface area contributed by atoms with Crippen molar-refractivity contribution in [2.75, 3.05) is 6.54 Å². The third-order valence-corrected chi connectivity index (χ3v) is 1.52. The normalized spacial score (nSPS) is 12.9. The van der Waals surface area contributed by atoms with Crippen molar-refractivity contribution < 1.29 is 18.7 Å². The summed E-state index contributed by atoms with van der Waals surface area (Å²) >= 11 is 0. The van der Waals surface area contributed by atoms with Gasteiger partial charge in [-0.1, -0.05) is 0 Å². The highest BCUT2D eigenvalue weighted by molar-refractivity contribution is 5.93. The van der Waals surface area contributed by atoms with E-state index in [0.717, 1.165) is 0 Å². The molecule has 78 valence electrons. The van der Waals surface area contributed by atoms with E-state index in [4.69, 9.17) is 5.11 Å². The van der Waals surface area contributed by atoms with Gasteiger partial charge in [0.25, 0.3) is 12.3 Å². The Balaban J connectivity index is 2.36. The van der Waals surface area contributed by atoms with Gasteiger partial charge in [0.2, 0.25) is 0 Å². The van der Waals surface area contributed by atoms with E-state index in [-0.39, 0.29) is 5.56 Å². The fourth-order valence-electron chi connectivity index (χ4n) is 0.763. The van der Waals surface area contributed by atoms with Crippen LogP contribution in [0.2, 0.25) is 0 Å². The standard InChI is InChI=1S/C7H9F2N3O2/c8-6(9)5(13)3-10-7(14)4-1-11-12-2-4/h1-2,5-6,13H,3H2,(H,10,14)(H,11,12). The molecule has 0 fully saturated rings. The molecule has 0 saturated heterocycles. The van der Waals surface area contributed by atoms with Gasteiger partial charge in [0.05, 0.1) is 11.8 Å². The molecule has 1 unspecified atom stereocenters. The van der Waals surface area contributed by atoms with Crippen molar-refractivity contribution in [2.24, 2.45) is 0 Å². The molecule has 0 aliphatic carbocycles. The number of hydrogen-bond acceptors (Lipinski definition) is 3. The topological polar surface area (TPSA) is 78.0 Å². The van der Waals surface area contributed by atoms with Crippen LogP contribution in [0.3, 0.4) is 0 Å². The van der Waals surface area contributed by atoms with Gasteiger partial charge in [-0.15, -0.1) is 0 Å². The van der Waals surface area contributed by atoms with Crippen LogP contribution in [-0.2, 0) is 0 Å². The molecule has 0 aromatic carbocycles. The SMILES string of the molecule is O=C(NCC(O)C(F)F)c1cn[nH]c1. The van der Waals surface area contributed by atoms with Gasteiger partial charge < -0.3 is 10.4 Å².